The summed E-state index contributed by atoms with van der Waals surface area (Å²) in [5.41, 5.74) is 4.57. The SMILES string of the molecule is C=CC.C=CC.C=CC.C=CC.C=CC.NCC(=O)O. The molecule has 0 aromatic rings. The van der Waals surface area contributed by atoms with Crippen molar-refractivity contribution in [2.75, 3.05) is 6.54 Å². The van der Waals surface area contributed by atoms with Gasteiger partial charge in [0.05, 0.1) is 6.54 Å². The molecular formula is C17H35NO2. The molecule has 0 heterocycles. The molecule has 0 spiro atoms. The average Bonchev–Trinajstić information content (AvgIpc) is 2.34. The van der Waals surface area contributed by atoms with Crippen LogP contribution in [0, 0.1) is 0 Å². The highest BCUT2D eigenvalue weighted by Crippen LogP contribution is 1.44. The molecule has 3 nitrogen and oxygen atoms in total. The molecule has 0 unspecified atom stereocenters. The van der Waals surface area contributed by atoms with Gasteiger partial charge in [-0.2, -0.15) is 0 Å². The summed E-state index contributed by atoms with van der Waals surface area (Å²) in [6, 6.07) is 0. The van der Waals surface area contributed by atoms with Gasteiger partial charge in [0.15, 0.2) is 0 Å². The molecule has 3 heteroatoms. The predicted molar refractivity (Wildman–Crippen MR) is 96.0 cm³/mol. The summed E-state index contributed by atoms with van der Waals surface area (Å²) < 4.78 is 0. The van der Waals surface area contributed by atoms with Crippen molar-refractivity contribution >= 4 is 5.97 Å². The first-order valence-corrected chi connectivity index (χ1v) is 6.12. The first-order chi connectivity index (χ1) is 9.34. The first kappa shape index (κ1) is 36.2. The molecule has 0 aromatic carbocycles. The number of hydrogen-bond donors (Lipinski definition) is 2. The quantitative estimate of drug-likeness (QED) is 0.667. The van der Waals surface area contributed by atoms with Crippen LogP contribution < -0.4 is 5.73 Å². The van der Waals surface area contributed by atoms with Crippen LogP contribution >= 0.6 is 0 Å². The van der Waals surface area contributed by atoms with Crippen LogP contribution in [0.4, 0.5) is 0 Å². The van der Waals surface area contributed by atoms with Crippen molar-refractivity contribution in [2.24, 2.45) is 5.73 Å². The fourth-order valence-corrected chi connectivity index (χ4v) is 0. The van der Waals surface area contributed by atoms with Crippen LogP contribution in [0.15, 0.2) is 63.3 Å². The van der Waals surface area contributed by atoms with Crippen molar-refractivity contribution in [3.63, 3.8) is 0 Å². The molecule has 0 aliphatic carbocycles. The third-order valence-electron chi connectivity index (χ3n) is 0.175. The standard InChI is InChI=1S/5C3H6.C2H5NO2/c5*1-3-2;3-1-2(4)5/h5*3H,1H2,2H3;1,3H2,(H,4,5). The van der Waals surface area contributed by atoms with Gasteiger partial charge in [-0.15, -0.1) is 32.9 Å². The lowest BCUT2D eigenvalue weighted by atomic mass is 10.7. The van der Waals surface area contributed by atoms with Gasteiger partial charge in [0.1, 0.15) is 0 Å². The van der Waals surface area contributed by atoms with Crippen LogP contribution in [0.2, 0.25) is 0 Å². The number of aliphatic carboxylic acids is 1. The van der Waals surface area contributed by atoms with Crippen LogP contribution in [0.25, 0.3) is 0 Å². The number of carboxylic acid groups (broad SMARTS) is 1. The van der Waals surface area contributed by atoms with Crippen molar-refractivity contribution in [1.82, 2.24) is 0 Å². The summed E-state index contributed by atoms with van der Waals surface area (Å²) in [5.74, 6) is -0.968. The smallest absolute Gasteiger partial charge is 0.317 e. The second-order valence-corrected chi connectivity index (χ2v) is 2.64. The van der Waals surface area contributed by atoms with E-state index < -0.39 is 5.97 Å². The second kappa shape index (κ2) is 87.7. The van der Waals surface area contributed by atoms with Gasteiger partial charge in [0.2, 0.25) is 0 Å². The molecule has 120 valence electrons. The lowest BCUT2D eigenvalue weighted by Gasteiger charge is -1.73. The largest absolute Gasteiger partial charge is 0.480 e. The van der Waals surface area contributed by atoms with Crippen LogP contribution in [-0.4, -0.2) is 17.6 Å². The number of allylic oxidation sites excluding steroid dienone is 5. The van der Waals surface area contributed by atoms with E-state index in [1.165, 1.54) is 0 Å². The Labute approximate surface area is 126 Å². The van der Waals surface area contributed by atoms with Gasteiger partial charge in [-0.1, -0.05) is 30.4 Å². The minimum absolute atomic E-state index is 0.278. The van der Waals surface area contributed by atoms with E-state index in [1.54, 1.807) is 30.4 Å². The van der Waals surface area contributed by atoms with Crippen molar-refractivity contribution in [2.45, 2.75) is 34.6 Å². The summed E-state index contributed by atoms with van der Waals surface area (Å²) >= 11 is 0. The third-order valence-corrected chi connectivity index (χ3v) is 0.175. The maximum absolute atomic E-state index is 9.24. The highest BCUT2D eigenvalue weighted by Gasteiger charge is 1.81. The Morgan fingerprint density at radius 2 is 0.850 bits per heavy atom. The molecule has 0 amide bonds. The van der Waals surface area contributed by atoms with E-state index in [4.69, 9.17) is 5.11 Å². The van der Waals surface area contributed by atoms with E-state index in [0.717, 1.165) is 0 Å². The zero-order chi connectivity index (χ0) is 17.8. The number of carbonyl (C=O) groups is 1. The Hall–Kier alpha value is -1.87. The van der Waals surface area contributed by atoms with E-state index in [-0.39, 0.29) is 6.54 Å². The van der Waals surface area contributed by atoms with Crippen LogP contribution in [0.5, 0.6) is 0 Å². The van der Waals surface area contributed by atoms with Gasteiger partial charge in [0, 0.05) is 0 Å². The molecule has 0 atom stereocenters. The molecule has 0 fully saturated rings. The highest BCUT2D eigenvalue weighted by molar-refractivity contribution is 5.68. The fourth-order valence-electron chi connectivity index (χ4n) is 0. The van der Waals surface area contributed by atoms with Gasteiger partial charge < -0.3 is 10.8 Å². The molecule has 0 rings (SSSR count). The van der Waals surface area contributed by atoms with Gasteiger partial charge in [0.25, 0.3) is 0 Å². The Bertz CT molecular complexity index is 162. The Balaban J connectivity index is -0.0000000299. The van der Waals surface area contributed by atoms with E-state index in [9.17, 15) is 4.79 Å². The Morgan fingerprint density at radius 1 is 0.800 bits per heavy atom. The maximum Gasteiger partial charge on any atom is 0.317 e. The normalized spacial score (nSPS) is 5.10. The van der Waals surface area contributed by atoms with Crippen molar-refractivity contribution in [1.29, 1.82) is 0 Å². The molecule has 0 aromatic heterocycles. The third kappa shape index (κ3) is 218000. The summed E-state index contributed by atoms with van der Waals surface area (Å²) in [6.07, 6.45) is 8.75. The minimum atomic E-state index is -0.968. The number of nitrogens with two attached hydrogens (primary N) is 1. The van der Waals surface area contributed by atoms with Crippen molar-refractivity contribution < 1.29 is 9.90 Å². The topological polar surface area (TPSA) is 63.3 Å². The molecule has 3 N–H and O–H groups in total. The molecule has 0 aliphatic heterocycles. The fraction of sp³-hybridized carbons (Fsp3) is 0.353. The molecule has 0 bridgehead atoms. The van der Waals surface area contributed by atoms with Crippen LogP contribution in [-0.2, 0) is 4.79 Å². The van der Waals surface area contributed by atoms with Crippen LogP contribution in [0.3, 0.4) is 0 Å². The Morgan fingerprint density at radius 3 is 0.850 bits per heavy atom. The molecule has 0 saturated heterocycles. The second-order valence-electron chi connectivity index (χ2n) is 2.64. The maximum atomic E-state index is 9.24. The number of hydrogen-bond acceptors (Lipinski definition) is 2. The first-order valence-electron chi connectivity index (χ1n) is 6.12. The summed E-state index contributed by atoms with van der Waals surface area (Å²) in [4.78, 5) is 9.24. The van der Waals surface area contributed by atoms with Gasteiger partial charge in [-0.25, -0.2) is 0 Å². The number of rotatable bonds is 1. The van der Waals surface area contributed by atoms with Gasteiger partial charge >= 0.3 is 5.97 Å². The lowest BCUT2D eigenvalue weighted by Crippen LogP contribution is -2.10. The van der Waals surface area contributed by atoms with E-state index in [0.29, 0.717) is 0 Å². The zero-order valence-electron chi connectivity index (χ0n) is 14.1. The van der Waals surface area contributed by atoms with E-state index in [1.807, 2.05) is 34.6 Å². The summed E-state index contributed by atoms with van der Waals surface area (Å²) in [5, 5.41) is 7.60. The number of carboxylic acids is 1. The predicted octanol–water partition coefficient (Wildman–Crippen LogP) is 4.99. The minimum Gasteiger partial charge on any atom is -0.480 e. The van der Waals surface area contributed by atoms with Gasteiger partial charge in [-0.3, -0.25) is 4.79 Å². The average molecular weight is 285 g/mol. The van der Waals surface area contributed by atoms with Crippen LogP contribution in [0.1, 0.15) is 34.6 Å². The summed E-state index contributed by atoms with van der Waals surface area (Å²) in [7, 11) is 0. The molecule has 0 radical (unpaired) electrons. The van der Waals surface area contributed by atoms with Gasteiger partial charge in [-0.05, 0) is 34.6 Å². The van der Waals surface area contributed by atoms with E-state index >= 15 is 0 Å². The highest BCUT2D eigenvalue weighted by atomic mass is 16.4. The van der Waals surface area contributed by atoms with E-state index in [2.05, 4.69) is 38.6 Å². The van der Waals surface area contributed by atoms with Crippen molar-refractivity contribution in [3.05, 3.63) is 63.3 Å². The Kier molecular flexibility index (Phi) is 158. The molecule has 20 heavy (non-hydrogen) atoms. The molecule has 0 saturated carbocycles. The summed E-state index contributed by atoms with van der Waals surface area (Å²) in [6.45, 7) is 26.0. The molecule has 0 aliphatic rings. The zero-order valence-corrected chi connectivity index (χ0v) is 14.1. The lowest BCUT2D eigenvalue weighted by molar-refractivity contribution is -0.135. The monoisotopic (exact) mass is 285 g/mol. The van der Waals surface area contributed by atoms with Crippen molar-refractivity contribution in [3.8, 4) is 0 Å². The molecular weight excluding hydrogens is 250 g/mol.